The van der Waals surface area contributed by atoms with Crippen molar-refractivity contribution in [3.05, 3.63) is 88.6 Å². The summed E-state index contributed by atoms with van der Waals surface area (Å²) in [6.45, 7) is 3.12. The second kappa shape index (κ2) is 8.91. The molecule has 3 nitrogen and oxygen atoms in total. The third-order valence-electron chi connectivity index (χ3n) is 5.70. The fraction of sp³-hybridized carbons (Fsp3) is 0.333. The second-order valence-electron chi connectivity index (χ2n) is 7.54. The van der Waals surface area contributed by atoms with E-state index in [4.69, 9.17) is 4.74 Å². The van der Waals surface area contributed by atoms with Crippen LogP contribution in [0, 0.1) is 0 Å². The van der Waals surface area contributed by atoms with Gasteiger partial charge in [-0.2, -0.15) is 0 Å². The van der Waals surface area contributed by atoms with E-state index < -0.39 is 0 Å². The summed E-state index contributed by atoms with van der Waals surface area (Å²) < 4.78 is 6.09. The Morgan fingerprint density at radius 2 is 1.64 bits per heavy atom. The molecule has 2 heterocycles. The van der Waals surface area contributed by atoms with Crippen LogP contribution in [0.5, 0.6) is 0 Å². The number of benzene rings is 2. The maximum absolute atomic E-state index is 6.09. The first-order valence-corrected chi connectivity index (χ1v) is 10.8. The summed E-state index contributed by atoms with van der Waals surface area (Å²) in [6, 6.07) is 25.6. The highest BCUT2D eigenvalue weighted by atomic mass is 32.1. The molecular formula is C24H28N2OS. The Kier molecular flexibility index (Phi) is 6.10. The summed E-state index contributed by atoms with van der Waals surface area (Å²) in [7, 11) is 1.84. The van der Waals surface area contributed by atoms with Gasteiger partial charge in [0, 0.05) is 37.3 Å². The molecule has 3 aromatic rings. The summed E-state index contributed by atoms with van der Waals surface area (Å²) in [5.74, 6) is 0. The smallest absolute Gasteiger partial charge is 0.114 e. The Morgan fingerprint density at radius 3 is 2.25 bits per heavy atom. The minimum atomic E-state index is -0.103. The highest BCUT2D eigenvalue weighted by Gasteiger charge is 2.43. The molecule has 1 fully saturated rings. The Balaban J connectivity index is 1.54. The molecule has 4 rings (SSSR count). The van der Waals surface area contributed by atoms with Crippen LogP contribution in [-0.4, -0.2) is 30.6 Å². The SMILES string of the molecule is COC(c1cccs1)C1(Nc2ccccc2)CCN(Cc2ccccc2)CC1. The largest absolute Gasteiger partial charge is 0.376 e. The van der Waals surface area contributed by atoms with Crippen LogP contribution in [0.15, 0.2) is 78.2 Å². The predicted octanol–water partition coefficient (Wildman–Crippen LogP) is 5.58. The molecule has 0 saturated carbocycles. The fourth-order valence-electron chi connectivity index (χ4n) is 4.27. The van der Waals surface area contributed by atoms with Gasteiger partial charge in [0.1, 0.15) is 6.10 Å². The molecule has 1 aliphatic heterocycles. The van der Waals surface area contributed by atoms with Crippen LogP contribution < -0.4 is 5.32 Å². The van der Waals surface area contributed by atoms with E-state index in [9.17, 15) is 0 Å². The number of ether oxygens (including phenoxy) is 1. The zero-order valence-electron chi connectivity index (χ0n) is 16.4. The van der Waals surface area contributed by atoms with Crippen LogP contribution in [0.3, 0.4) is 0 Å². The molecule has 146 valence electrons. The minimum absolute atomic E-state index is 0.0478. The summed E-state index contributed by atoms with van der Waals surface area (Å²) in [4.78, 5) is 3.85. The summed E-state index contributed by atoms with van der Waals surface area (Å²) in [5.41, 5.74) is 2.44. The molecule has 4 heteroatoms. The molecule has 1 unspecified atom stereocenters. The lowest BCUT2D eigenvalue weighted by Crippen LogP contribution is -2.53. The molecule has 0 radical (unpaired) electrons. The van der Waals surface area contributed by atoms with Crippen LogP contribution in [0.1, 0.15) is 29.4 Å². The lowest BCUT2D eigenvalue weighted by Gasteiger charge is -2.47. The van der Waals surface area contributed by atoms with E-state index in [0.29, 0.717) is 0 Å². The van der Waals surface area contributed by atoms with Gasteiger partial charge in [-0.05, 0) is 42.0 Å². The number of likely N-dealkylation sites (tertiary alicyclic amines) is 1. The van der Waals surface area contributed by atoms with Crippen molar-refractivity contribution in [1.82, 2.24) is 4.90 Å². The van der Waals surface area contributed by atoms with Gasteiger partial charge in [-0.25, -0.2) is 0 Å². The topological polar surface area (TPSA) is 24.5 Å². The summed E-state index contributed by atoms with van der Waals surface area (Å²) in [5, 5.41) is 6.01. The fourth-order valence-corrected chi connectivity index (χ4v) is 5.18. The van der Waals surface area contributed by atoms with Gasteiger partial charge in [0.15, 0.2) is 0 Å². The van der Waals surface area contributed by atoms with Crippen molar-refractivity contribution in [1.29, 1.82) is 0 Å². The van der Waals surface area contributed by atoms with E-state index in [1.54, 1.807) is 11.3 Å². The molecule has 0 bridgehead atoms. The van der Waals surface area contributed by atoms with Crippen molar-refractivity contribution in [2.75, 3.05) is 25.5 Å². The lowest BCUT2D eigenvalue weighted by atomic mass is 9.80. The second-order valence-corrected chi connectivity index (χ2v) is 8.52. The van der Waals surface area contributed by atoms with Crippen LogP contribution in [-0.2, 0) is 11.3 Å². The number of hydrogen-bond donors (Lipinski definition) is 1. The van der Waals surface area contributed by atoms with Crippen LogP contribution >= 0.6 is 11.3 Å². The average molecular weight is 393 g/mol. The van der Waals surface area contributed by atoms with Gasteiger partial charge in [-0.3, -0.25) is 4.90 Å². The highest BCUT2D eigenvalue weighted by molar-refractivity contribution is 7.10. The highest BCUT2D eigenvalue weighted by Crippen LogP contribution is 2.41. The zero-order chi connectivity index (χ0) is 19.2. The van der Waals surface area contributed by atoms with E-state index in [0.717, 1.165) is 38.2 Å². The van der Waals surface area contributed by atoms with Crippen molar-refractivity contribution in [3.8, 4) is 0 Å². The number of anilines is 1. The van der Waals surface area contributed by atoms with Gasteiger partial charge in [-0.1, -0.05) is 54.6 Å². The average Bonchev–Trinajstić information content (AvgIpc) is 3.26. The number of nitrogens with one attached hydrogen (secondary N) is 1. The Morgan fingerprint density at radius 1 is 0.964 bits per heavy atom. The molecule has 0 spiro atoms. The number of hydrogen-bond acceptors (Lipinski definition) is 4. The summed E-state index contributed by atoms with van der Waals surface area (Å²) in [6.07, 6.45) is 2.14. The minimum Gasteiger partial charge on any atom is -0.376 e. The van der Waals surface area contributed by atoms with Crippen molar-refractivity contribution in [3.63, 3.8) is 0 Å². The van der Waals surface area contributed by atoms with E-state index in [-0.39, 0.29) is 11.6 Å². The van der Waals surface area contributed by atoms with Gasteiger partial charge < -0.3 is 10.1 Å². The predicted molar refractivity (Wildman–Crippen MR) is 118 cm³/mol. The molecule has 1 aromatic heterocycles. The molecule has 1 atom stereocenters. The number of piperidine rings is 1. The van der Waals surface area contributed by atoms with Crippen molar-refractivity contribution in [2.45, 2.75) is 31.0 Å². The Hall–Kier alpha value is -2.14. The van der Waals surface area contributed by atoms with Crippen LogP contribution in [0.25, 0.3) is 0 Å². The molecule has 1 aliphatic rings. The van der Waals surface area contributed by atoms with E-state index >= 15 is 0 Å². The van der Waals surface area contributed by atoms with Crippen molar-refractivity contribution >= 4 is 17.0 Å². The van der Waals surface area contributed by atoms with Gasteiger partial charge in [0.05, 0.1) is 5.54 Å². The first-order chi connectivity index (χ1) is 13.8. The maximum atomic E-state index is 6.09. The molecule has 1 N–H and O–H groups in total. The van der Waals surface area contributed by atoms with E-state index in [1.807, 2.05) is 7.11 Å². The van der Waals surface area contributed by atoms with Crippen LogP contribution in [0.4, 0.5) is 5.69 Å². The monoisotopic (exact) mass is 392 g/mol. The van der Waals surface area contributed by atoms with Crippen LogP contribution in [0.2, 0.25) is 0 Å². The van der Waals surface area contributed by atoms with Crippen molar-refractivity contribution < 1.29 is 4.74 Å². The standard InChI is InChI=1S/C24H28N2OS/c1-27-23(22-13-8-18-28-22)24(25-21-11-6-3-7-12-21)14-16-26(17-15-24)19-20-9-4-2-5-10-20/h2-13,18,23,25H,14-17,19H2,1H3. The molecule has 0 aliphatic carbocycles. The Bertz CT molecular complexity index is 828. The van der Waals surface area contributed by atoms with Gasteiger partial charge in [0.2, 0.25) is 0 Å². The Labute approximate surface area is 172 Å². The first-order valence-electron chi connectivity index (χ1n) is 9.95. The molecule has 0 amide bonds. The third kappa shape index (κ3) is 4.30. The van der Waals surface area contributed by atoms with Gasteiger partial charge in [-0.15, -0.1) is 11.3 Å². The number of para-hydroxylation sites is 1. The zero-order valence-corrected chi connectivity index (χ0v) is 17.2. The van der Waals surface area contributed by atoms with Gasteiger partial charge >= 0.3 is 0 Å². The molecule has 2 aromatic carbocycles. The molecular weight excluding hydrogens is 364 g/mol. The summed E-state index contributed by atoms with van der Waals surface area (Å²) >= 11 is 1.78. The number of nitrogens with zero attached hydrogens (tertiary/aromatic N) is 1. The third-order valence-corrected chi connectivity index (χ3v) is 6.62. The maximum Gasteiger partial charge on any atom is 0.114 e. The van der Waals surface area contributed by atoms with E-state index in [2.05, 4.69) is 88.4 Å². The molecule has 28 heavy (non-hydrogen) atoms. The van der Waals surface area contributed by atoms with Gasteiger partial charge in [0.25, 0.3) is 0 Å². The molecule has 1 saturated heterocycles. The lowest BCUT2D eigenvalue weighted by molar-refractivity contribution is 0.0120. The van der Waals surface area contributed by atoms with E-state index in [1.165, 1.54) is 10.4 Å². The number of rotatable bonds is 7. The quantitative estimate of drug-likeness (QED) is 0.568. The first kappa shape index (κ1) is 19.2. The normalized spacial score (nSPS) is 17.9. The number of methoxy groups -OCH3 is 1. The number of thiophene rings is 1. The van der Waals surface area contributed by atoms with Crippen molar-refractivity contribution in [2.24, 2.45) is 0 Å².